The Balaban J connectivity index is 1.80. The second kappa shape index (κ2) is 5.50. The number of nitrogens with two attached hydrogens (primary N) is 1. The molecule has 2 atom stereocenters. The molecule has 2 saturated carbocycles. The summed E-state index contributed by atoms with van der Waals surface area (Å²) in [5.41, 5.74) is 6.84. The molecule has 2 fully saturated rings. The molecule has 2 aliphatic rings. The molecule has 0 amide bonds. The topological polar surface area (TPSA) is 38.0 Å². The second-order valence-electron chi connectivity index (χ2n) is 7.64. The van der Waals surface area contributed by atoms with Gasteiger partial charge in [-0.2, -0.15) is 0 Å². The van der Waals surface area contributed by atoms with Gasteiger partial charge in [0, 0.05) is 12.1 Å². The standard InChI is InChI=1S/C16H32N2/c1-13-11-15(2,3)8-9-16(13,12-17)18-10-4-5-14-6-7-14/h13-14,18H,4-12,17H2,1-3H3. The van der Waals surface area contributed by atoms with Crippen molar-refractivity contribution in [2.24, 2.45) is 23.0 Å². The van der Waals surface area contributed by atoms with E-state index >= 15 is 0 Å². The highest BCUT2D eigenvalue weighted by atomic mass is 15.0. The molecular formula is C16H32N2. The van der Waals surface area contributed by atoms with E-state index in [2.05, 4.69) is 26.1 Å². The Morgan fingerprint density at radius 3 is 2.50 bits per heavy atom. The van der Waals surface area contributed by atoms with Crippen LogP contribution in [0.3, 0.4) is 0 Å². The molecule has 0 heterocycles. The van der Waals surface area contributed by atoms with Crippen molar-refractivity contribution >= 4 is 0 Å². The van der Waals surface area contributed by atoms with E-state index in [9.17, 15) is 0 Å². The van der Waals surface area contributed by atoms with Crippen molar-refractivity contribution in [3.63, 3.8) is 0 Å². The first kappa shape index (κ1) is 14.3. The van der Waals surface area contributed by atoms with Crippen LogP contribution in [-0.4, -0.2) is 18.6 Å². The van der Waals surface area contributed by atoms with E-state index in [-0.39, 0.29) is 5.54 Å². The van der Waals surface area contributed by atoms with E-state index in [4.69, 9.17) is 5.73 Å². The Hall–Kier alpha value is -0.0800. The molecule has 0 bridgehead atoms. The van der Waals surface area contributed by atoms with E-state index in [1.165, 1.54) is 51.5 Å². The molecule has 3 N–H and O–H groups in total. The van der Waals surface area contributed by atoms with E-state index in [1.807, 2.05) is 0 Å². The molecule has 2 heteroatoms. The summed E-state index contributed by atoms with van der Waals surface area (Å²) in [5.74, 6) is 1.76. The van der Waals surface area contributed by atoms with Crippen molar-refractivity contribution in [2.75, 3.05) is 13.1 Å². The molecular weight excluding hydrogens is 220 g/mol. The van der Waals surface area contributed by atoms with Crippen LogP contribution in [0, 0.1) is 17.3 Å². The monoisotopic (exact) mass is 252 g/mol. The normalized spacial score (nSPS) is 35.7. The van der Waals surface area contributed by atoms with Crippen molar-refractivity contribution in [1.82, 2.24) is 5.32 Å². The molecule has 106 valence electrons. The Morgan fingerprint density at radius 1 is 1.22 bits per heavy atom. The van der Waals surface area contributed by atoms with Gasteiger partial charge in [-0.3, -0.25) is 0 Å². The molecule has 0 aliphatic heterocycles. The third kappa shape index (κ3) is 3.48. The highest BCUT2D eigenvalue weighted by Gasteiger charge is 2.42. The quantitative estimate of drug-likeness (QED) is 0.712. The first-order valence-electron chi connectivity index (χ1n) is 7.93. The van der Waals surface area contributed by atoms with Crippen LogP contribution in [0.15, 0.2) is 0 Å². The fourth-order valence-corrected chi connectivity index (χ4v) is 3.71. The van der Waals surface area contributed by atoms with Gasteiger partial charge in [-0.25, -0.2) is 0 Å². The van der Waals surface area contributed by atoms with Gasteiger partial charge in [0.1, 0.15) is 0 Å². The zero-order chi connectivity index (χ0) is 13.2. The van der Waals surface area contributed by atoms with Crippen LogP contribution in [0.5, 0.6) is 0 Å². The lowest BCUT2D eigenvalue weighted by Gasteiger charge is -2.48. The van der Waals surface area contributed by atoms with Gasteiger partial charge < -0.3 is 11.1 Å². The molecule has 0 spiro atoms. The number of hydrogen-bond acceptors (Lipinski definition) is 2. The van der Waals surface area contributed by atoms with Crippen LogP contribution < -0.4 is 11.1 Å². The maximum absolute atomic E-state index is 6.11. The van der Waals surface area contributed by atoms with Crippen molar-refractivity contribution < 1.29 is 0 Å². The maximum atomic E-state index is 6.11. The summed E-state index contributed by atoms with van der Waals surface area (Å²) in [4.78, 5) is 0. The molecule has 0 aromatic carbocycles. The van der Waals surface area contributed by atoms with Crippen LogP contribution in [0.2, 0.25) is 0 Å². The summed E-state index contributed by atoms with van der Waals surface area (Å²) < 4.78 is 0. The Morgan fingerprint density at radius 2 is 1.94 bits per heavy atom. The molecule has 0 radical (unpaired) electrons. The lowest BCUT2D eigenvalue weighted by molar-refractivity contribution is 0.0788. The minimum Gasteiger partial charge on any atom is -0.329 e. The fourth-order valence-electron chi connectivity index (χ4n) is 3.71. The predicted octanol–water partition coefficient (Wildman–Crippen LogP) is 3.31. The van der Waals surface area contributed by atoms with Gasteiger partial charge in [0.2, 0.25) is 0 Å². The predicted molar refractivity (Wildman–Crippen MR) is 78.5 cm³/mol. The summed E-state index contributed by atoms with van der Waals surface area (Å²) >= 11 is 0. The van der Waals surface area contributed by atoms with Gasteiger partial charge in [-0.15, -0.1) is 0 Å². The van der Waals surface area contributed by atoms with Gasteiger partial charge in [0.15, 0.2) is 0 Å². The van der Waals surface area contributed by atoms with E-state index < -0.39 is 0 Å². The third-order valence-corrected chi connectivity index (χ3v) is 5.38. The molecule has 18 heavy (non-hydrogen) atoms. The highest BCUT2D eigenvalue weighted by molar-refractivity contribution is 5.00. The van der Waals surface area contributed by atoms with Crippen LogP contribution in [0.4, 0.5) is 0 Å². The van der Waals surface area contributed by atoms with Crippen LogP contribution in [0.1, 0.15) is 65.7 Å². The van der Waals surface area contributed by atoms with Gasteiger partial charge in [0.05, 0.1) is 0 Å². The summed E-state index contributed by atoms with van der Waals surface area (Å²) in [5, 5.41) is 3.83. The van der Waals surface area contributed by atoms with Crippen molar-refractivity contribution in [3.05, 3.63) is 0 Å². The number of hydrogen-bond donors (Lipinski definition) is 2. The lowest BCUT2D eigenvalue weighted by Crippen LogP contribution is -2.59. The summed E-state index contributed by atoms with van der Waals surface area (Å²) in [6, 6.07) is 0. The van der Waals surface area contributed by atoms with Crippen molar-refractivity contribution in [1.29, 1.82) is 0 Å². The SMILES string of the molecule is CC1CC(C)(C)CCC1(CN)NCCCC1CC1. The van der Waals surface area contributed by atoms with Gasteiger partial charge in [-0.1, -0.05) is 33.6 Å². The third-order valence-electron chi connectivity index (χ3n) is 5.38. The van der Waals surface area contributed by atoms with Crippen LogP contribution >= 0.6 is 0 Å². The lowest BCUT2D eigenvalue weighted by atomic mass is 9.64. The number of nitrogens with one attached hydrogen (secondary N) is 1. The highest BCUT2D eigenvalue weighted by Crippen LogP contribution is 2.43. The zero-order valence-electron chi connectivity index (χ0n) is 12.6. The summed E-state index contributed by atoms with van der Waals surface area (Å²) in [6.07, 6.45) is 9.58. The Kier molecular flexibility index (Phi) is 4.38. The minimum atomic E-state index is 0.221. The molecule has 0 aromatic heterocycles. The smallest absolute Gasteiger partial charge is 0.0330 e. The molecule has 0 aromatic rings. The first-order valence-corrected chi connectivity index (χ1v) is 7.93. The largest absolute Gasteiger partial charge is 0.329 e. The molecule has 2 aliphatic carbocycles. The molecule has 2 rings (SSSR count). The van der Waals surface area contributed by atoms with Crippen molar-refractivity contribution in [3.8, 4) is 0 Å². The molecule has 2 unspecified atom stereocenters. The fraction of sp³-hybridized carbons (Fsp3) is 1.00. The van der Waals surface area contributed by atoms with Crippen LogP contribution in [0.25, 0.3) is 0 Å². The van der Waals surface area contributed by atoms with Gasteiger partial charge in [-0.05, 0) is 55.9 Å². The van der Waals surface area contributed by atoms with Crippen molar-refractivity contribution in [2.45, 2.75) is 71.3 Å². The maximum Gasteiger partial charge on any atom is 0.0330 e. The van der Waals surface area contributed by atoms with E-state index in [1.54, 1.807) is 0 Å². The van der Waals surface area contributed by atoms with Crippen LogP contribution in [-0.2, 0) is 0 Å². The zero-order valence-corrected chi connectivity index (χ0v) is 12.6. The Labute approximate surface area is 113 Å². The average molecular weight is 252 g/mol. The molecule has 2 nitrogen and oxygen atoms in total. The van der Waals surface area contributed by atoms with Gasteiger partial charge in [0.25, 0.3) is 0 Å². The van der Waals surface area contributed by atoms with E-state index in [0.717, 1.165) is 12.5 Å². The summed E-state index contributed by atoms with van der Waals surface area (Å²) in [7, 11) is 0. The summed E-state index contributed by atoms with van der Waals surface area (Å²) in [6.45, 7) is 9.15. The molecule has 0 saturated heterocycles. The second-order valence-corrected chi connectivity index (χ2v) is 7.64. The minimum absolute atomic E-state index is 0.221. The first-order chi connectivity index (χ1) is 8.47. The van der Waals surface area contributed by atoms with E-state index in [0.29, 0.717) is 11.3 Å². The van der Waals surface area contributed by atoms with Gasteiger partial charge >= 0.3 is 0 Å². The Bertz CT molecular complexity index is 270. The average Bonchev–Trinajstić information content (AvgIpc) is 3.11. The number of rotatable bonds is 6.